The molecular formula is C15H16BrF3N4O2S. The number of amides is 1. The Hall–Kier alpha value is -1.59. The number of fused-ring (bicyclic) bond motifs is 1. The first-order valence-corrected chi connectivity index (χ1v) is 9.42. The molecule has 0 unspecified atom stereocenters. The van der Waals surface area contributed by atoms with Gasteiger partial charge in [-0.05, 0) is 27.4 Å². The molecule has 2 N–H and O–H groups in total. The van der Waals surface area contributed by atoms with Crippen LogP contribution in [0.5, 0.6) is 0 Å². The molecule has 0 fully saturated rings. The molecule has 0 spiro atoms. The molecule has 2 atom stereocenters. The Morgan fingerprint density at radius 2 is 2.35 bits per heavy atom. The number of nitrogens with one attached hydrogen (secondary N) is 2. The molecule has 2 aromatic rings. The SMILES string of the molecule is COCCNC(=O)c1nn2c(c1Br)N[C@H](c1cccs1)C[C@@H]2C(F)(F)F. The molecule has 3 heterocycles. The summed E-state index contributed by atoms with van der Waals surface area (Å²) in [4.78, 5) is 13.0. The number of aromatic nitrogens is 2. The zero-order chi connectivity index (χ0) is 18.9. The van der Waals surface area contributed by atoms with Crippen molar-refractivity contribution < 1.29 is 22.7 Å². The van der Waals surface area contributed by atoms with Crippen LogP contribution >= 0.6 is 27.3 Å². The summed E-state index contributed by atoms with van der Waals surface area (Å²) in [5.41, 5.74) is -0.0929. The van der Waals surface area contributed by atoms with E-state index in [0.29, 0.717) is 6.61 Å². The van der Waals surface area contributed by atoms with Gasteiger partial charge in [0.05, 0.1) is 17.1 Å². The highest BCUT2D eigenvalue weighted by Gasteiger charge is 2.47. The first-order chi connectivity index (χ1) is 12.3. The summed E-state index contributed by atoms with van der Waals surface area (Å²) >= 11 is 4.61. The number of nitrogens with zero attached hydrogens (tertiary/aromatic N) is 2. The Morgan fingerprint density at radius 1 is 1.58 bits per heavy atom. The molecule has 2 aromatic heterocycles. The van der Waals surface area contributed by atoms with E-state index in [2.05, 4.69) is 31.7 Å². The van der Waals surface area contributed by atoms with Crippen molar-refractivity contribution in [3.8, 4) is 0 Å². The fourth-order valence-electron chi connectivity index (χ4n) is 2.76. The third-order valence-electron chi connectivity index (χ3n) is 3.99. The summed E-state index contributed by atoms with van der Waals surface area (Å²) < 4.78 is 46.7. The number of hydrogen-bond donors (Lipinski definition) is 2. The molecule has 6 nitrogen and oxygen atoms in total. The predicted molar refractivity (Wildman–Crippen MR) is 94.5 cm³/mol. The number of carbonyl (C=O) groups excluding carboxylic acids is 1. The maximum Gasteiger partial charge on any atom is 0.410 e. The third-order valence-corrected chi connectivity index (χ3v) is 5.73. The molecule has 26 heavy (non-hydrogen) atoms. The van der Waals surface area contributed by atoms with Crippen molar-refractivity contribution >= 4 is 39.0 Å². The van der Waals surface area contributed by atoms with Crippen LogP contribution < -0.4 is 10.6 Å². The van der Waals surface area contributed by atoms with Crippen molar-refractivity contribution in [3.63, 3.8) is 0 Å². The molecule has 0 saturated carbocycles. The van der Waals surface area contributed by atoms with Crippen molar-refractivity contribution in [2.75, 3.05) is 25.6 Å². The highest BCUT2D eigenvalue weighted by molar-refractivity contribution is 9.10. The number of anilines is 1. The van der Waals surface area contributed by atoms with Gasteiger partial charge in [0.1, 0.15) is 5.82 Å². The van der Waals surface area contributed by atoms with Gasteiger partial charge < -0.3 is 15.4 Å². The van der Waals surface area contributed by atoms with Gasteiger partial charge in [-0.3, -0.25) is 4.79 Å². The van der Waals surface area contributed by atoms with Gasteiger partial charge in [-0.15, -0.1) is 11.3 Å². The van der Waals surface area contributed by atoms with Crippen LogP contribution in [-0.4, -0.2) is 42.1 Å². The summed E-state index contributed by atoms with van der Waals surface area (Å²) in [6, 6.07) is 1.25. The van der Waals surface area contributed by atoms with Crippen LogP contribution in [-0.2, 0) is 4.74 Å². The number of carbonyl (C=O) groups is 1. The summed E-state index contributed by atoms with van der Waals surface area (Å²) in [6.07, 6.45) is -4.68. The topological polar surface area (TPSA) is 68.2 Å². The molecule has 1 aliphatic heterocycles. The van der Waals surface area contributed by atoms with E-state index in [9.17, 15) is 18.0 Å². The Balaban J connectivity index is 1.95. The fraction of sp³-hybridized carbons (Fsp3) is 0.467. The Labute approximate surface area is 159 Å². The monoisotopic (exact) mass is 452 g/mol. The lowest BCUT2D eigenvalue weighted by Gasteiger charge is -2.33. The number of rotatable bonds is 5. The summed E-state index contributed by atoms with van der Waals surface area (Å²) in [7, 11) is 1.49. The standard InChI is InChI=1S/C15H16BrF3N4O2S/c1-25-5-4-20-14(24)12-11(16)13-21-8(9-3-2-6-26-9)7-10(15(17,18)19)23(13)22-12/h2-3,6,8,10,21H,4-5,7H2,1H3,(H,20,24)/t8-,10+/m0/s1. The average Bonchev–Trinajstić information content (AvgIpc) is 3.22. The number of hydrogen-bond acceptors (Lipinski definition) is 5. The lowest BCUT2D eigenvalue weighted by molar-refractivity contribution is -0.173. The van der Waals surface area contributed by atoms with Crippen LogP contribution in [0, 0.1) is 0 Å². The van der Waals surface area contributed by atoms with Crippen molar-refractivity contribution in [2.24, 2.45) is 0 Å². The average molecular weight is 453 g/mol. The Bertz CT molecular complexity index is 779. The van der Waals surface area contributed by atoms with E-state index in [1.165, 1.54) is 18.4 Å². The Kier molecular flexibility index (Phi) is 5.58. The first-order valence-electron chi connectivity index (χ1n) is 7.74. The van der Waals surface area contributed by atoms with E-state index in [0.717, 1.165) is 9.56 Å². The van der Waals surface area contributed by atoms with Gasteiger partial charge in [0.25, 0.3) is 5.91 Å². The third kappa shape index (κ3) is 3.74. The lowest BCUT2D eigenvalue weighted by Crippen LogP contribution is -2.35. The summed E-state index contributed by atoms with van der Waals surface area (Å²) in [6.45, 7) is 0.527. The molecule has 1 amide bonds. The second kappa shape index (κ2) is 7.57. The second-order valence-electron chi connectivity index (χ2n) is 5.71. The quantitative estimate of drug-likeness (QED) is 0.677. The molecule has 142 valence electrons. The largest absolute Gasteiger partial charge is 0.410 e. The number of ether oxygens (including phenoxy) is 1. The van der Waals surface area contributed by atoms with Gasteiger partial charge in [0, 0.05) is 25.0 Å². The molecule has 0 bridgehead atoms. The van der Waals surface area contributed by atoms with Gasteiger partial charge >= 0.3 is 6.18 Å². The summed E-state index contributed by atoms with van der Waals surface area (Å²) in [5.74, 6) is -0.417. The normalized spacial score (nSPS) is 19.7. The molecule has 11 heteroatoms. The van der Waals surface area contributed by atoms with Crippen LogP contribution in [0.1, 0.15) is 33.9 Å². The van der Waals surface area contributed by atoms with Gasteiger partial charge in [0.2, 0.25) is 0 Å². The molecular weight excluding hydrogens is 437 g/mol. The zero-order valence-corrected chi connectivity index (χ0v) is 16.0. The fourth-order valence-corrected chi connectivity index (χ4v) is 4.11. The van der Waals surface area contributed by atoms with Crippen LogP contribution in [0.25, 0.3) is 0 Å². The van der Waals surface area contributed by atoms with Crippen molar-refractivity contribution in [3.05, 3.63) is 32.6 Å². The van der Waals surface area contributed by atoms with Crippen LogP contribution in [0.15, 0.2) is 22.0 Å². The second-order valence-corrected chi connectivity index (χ2v) is 7.48. The maximum atomic E-state index is 13.6. The minimum atomic E-state index is -4.48. The minimum absolute atomic E-state index is 0.0929. The Morgan fingerprint density at radius 3 is 2.96 bits per heavy atom. The van der Waals surface area contributed by atoms with Crippen molar-refractivity contribution in [2.45, 2.75) is 24.7 Å². The van der Waals surface area contributed by atoms with E-state index in [1.54, 1.807) is 12.1 Å². The van der Waals surface area contributed by atoms with Crippen LogP contribution in [0.4, 0.5) is 19.0 Å². The van der Waals surface area contributed by atoms with E-state index < -0.39 is 24.2 Å². The molecule has 1 aliphatic rings. The summed E-state index contributed by atoms with van der Waals surface area (Å²) in [5, 5.41) is 11.4. The maximum absolute atomic E-state index is 13.6. The highest BCUT2D eigenvalue weighted by atomic mass is 79.9. The van der Waals surface area contributed by atoms with Gasteiger partial charge in [-0.25, -0.2) is 4.68 Å². The highest BCUT2D eigenvalue weighted by Crippen LogP contribution is 2.46. The number of methoxy groups -OCH3 is 1. The number of halogens is 4. The van der Waals surface area contributed by atoms with Crippen molar-refractivity contribution in [1.82, 2.24) is 15.1 Å². The zero-order valence-electron chi connectivity index (χ0n) is 13.6. The van der Waals surface area contributed by atoms with Gasteiger partial charge in [0.15, 0.2) is 11.7 Å². The number of thiophene rings is 1. The predicted octanol–water partition coefficient (Wildman–Crippen LogP) is 3.74. The smallest absolute Gasteiger partial charge is 0.383 e. The molecule has 0 saturated heterocycles. The van der Waals surface area contributed by atoms with Crippen LogP contribution in [0.2, 0.25) is 0 Å². The van der Waals surface area contributed by atoms with Gasteiger partial charge in [-0.1, -0.05) is 6.07 Å². The van der Waals surface area contributed by atoms with Crippen LogP contribution in [0.3, 0.4) is 0 Å². The number of alkyl halides is 3. The van der Waals surface area contributed by atoms with Crippen molar-refractivity contribution in [1.29, 1.82) is 0 Å². The van der Waals surface area contributed by atoms with E-state index >= 15 is 0 Å². The molecule has 3 rings (SSSR count). The minimum Gasteiger partial charge on any atom is -0.383 e. The van der Waals surface area contributed by atoms with E-state index in [1.807, 2.05) is 5.38 Å². The molecule has 0 radical (unpaired) electrons. The van der Waals surface area contributed by atoms with E-state index in [4.69, 9.17) is 4.74 Å². The lowest BCUT2D eigenvalue weighted by atomic mass is 10.0. The van der Waals surface area contributed by atoms with E-state index in [-0.39, 0.29) is 29.0 Å². The molecule has 0 aliphatic carbocycles. The van der Waals surface area contributed by atoms with Gasteiger partial charge in [-0.2, -0.15) is 18.3 Å². The first kappa shape index (κ1) is 19.2. The molecule has 0 aromatic carbocycles.